The number of benzene rings is 1. The molecule has 0 radical (unpaired) electrons. The smallest absolute Gasteiger partial charge is 0.276 e. The first-order chi connectivity index (χ1) is 11.2. The Balaban J connectivity index is 1.74. The molecule has 122 valence electrons. The maximum absolute atomic E-state index is 12.8. The summed E-state index contributed by atoms with van der Waals surface area (Å²) in [6.07, 6.45) is 3.42. The number of amides is 1. The average Bonchev–Trinajstić information content (AvgIpc) is 3.05. The Kier molecular flexibility index (Phi) is 4.76. The number of piperidine rings is 1. The van der Waals surface area contributed by atoms with Crippen LogP contribution in [0.5, 0.6) is 0 Å². The summed E-state index contributed by atoms with van der Waals surface area (Å²) in [6, 6.07) is 7.95. The molecule has 1 aromatic heterocycles. The van der Waals surface area contributed by atoms with Crippen LogP contribution in [0.3, 0.4) is 0 Å². The second-order valence-electron chi connectivity index (χ2n) is 6.19. The first-order valence-corrected chi connectivity index (χ1v) is 8.13. The van der Waals surface area contributed by atoms with Crippen LogP contribution in [0.4, 0.5) is 0 Å². The van der Waals surface area contributed by atoms with Crippen LogP contribution in [0.25, 0.3) is 11.3 Å². The molecule has 1 aliphatic rings. The van der Waals surface area contributed by atoms with E-state index >= 15 is 0 Å². The van der Waals surface area contributed by atoms with E-state index in [9.17, 15) is 4.79 Å². The number of likely N-dealkylation sites (tertiary alicyclic amines) is 1. The fraction of sp³-hybridized carbons (Fsp3) is 0.444. The zero-order chi connectivity index (χ0) is 16.2. The van der Waals surface area contributed by atoms with Crippen LogP contribution in [0.2, 0.25) is 0 Å². The highest BCUT2D eigenvalue weighted by atomic mass is 16.3. The van der Waals surface area contributed by atoms with E-state index < -0.39 is 0 Å². The minimum atomic E-state index is -0.0303. The van der Waals surface area contributed by atoms with Gasteiger partial charge >= 0.3 is 0 Å². The van der Waals surface area contributed by atoms with Gasteiger partial charge in [-0.3, -0.25) is 4.79 Å². The second-order valence-corrected chi connectivity index (χ2v) is 6.19. The fourth-order valence-corrected chi connectivity index (χ4v) is 3.09. The Hall–Kier alpha value is -2.14. The van der Waals surface area contributed by atoms with E-state index in [1.54, 1.807) is 0 Å². The van der Waals surface area contributed by atoms with Gasteiger partial charge in [-0.2, -0.15) is 0 Å². The van der Waals surface area contributed by atoms with Gasteiger partial charge in [-0.25, -0.2) is 4.98 Å². The molecule has 1 N–H and O–H groups in total. The van der Waals surface area contributed by atoms with E-state index in [1.165, 1.54) is 12.0 Å². The molecule has 5 heteroatoms. The van der Waals surface area contributed by atoms with Crippen molar-refractivity contribution >= 4 is 5.91 Å². The third-order valence-corrected chi connectivity index (χ3v) is 4.48. The minimum absolute atomic E-state index is 0.0303. The van der Waals surface area contributed by atoms with Crippen molar-refractivity contribution in [3.63, 3.8) is 0 Å². The van der Waals surface area contributed by atoms with Gasteiger partial charge in [0.15, 0.2) is 17.8 Å². The standard InChI is InChI=1S/C18H23N3O2/c1-13-3-5-15(6-4-13)17-16(20-12-23-17)18(22)21-9-7-14(8-10-21)11-19-2/h3-6,12,14,19H,7-11H2,1-2H3. The Morgan fingerprint density at radius 1 is 1.30 bits per heavy atom. The van der Waals surface area contributed by atoms with E-state index in [1.807, 2.05) is 43.1 Å². The first kappa shape index (κ1) is 15.7. The summed E-state index contributed by atoms with van der Waals surface area (Å²) in [4.78, 5) is 18.8. The van der Waals surface area contributed by atoms with Gasteiger partial charge in [0.2, 0.25) is 0 Å². The molecule has 23 heavy (non-hydrogen) atoms. The van der Waals surface area contributed by atoms with Crippen LogP contribution in [0.15, 0.2) is 35.1 Å². The summed E-state index contributed by atoms with van der Waals surface area (Å²) in [5.41, 5.74) is 2.48. The number of hydrogen-bond acceptors (Lipinski definition) is 4. The van der Waals surface area contributed by atoms with E-state index in [0.717, 1.165) is 38.0 Å². The first-order valence-electron chi connectivity index (χ1n) is 8.13. The molecule has 1 fully saturated rings. The normalized spacial score (nSPS) is 15.8. The lowest BCUT2D eigenvalue weighted by Gasteiger charge is -2.31. The van der Waals surface area contributed by atoms with E-state index in [-0.39, 0.29) is 5.91 Å². The zero-order valence-corrected chi connectivity index (χ0v) is 13.7. The van der Waals surface area contributed by atoms with Crippen molar-refractivity contribution < 1.29 is 9.21 Å². The minimum Gasteiger partial charge on any atom is -0.443 e. The molecule has 2 aromatic rings. The molecule has 2 heterocycles. The molecule has 0 bridgehead atoms. The van der Waals surface area contributed by atoms with Crippen LogP contribution in [-0.4, -0.2) is 42.5 Å². The molecule has 1 amide bonds. The summed E-state index contributed by atoms with van der Waals surface area (Å²) in [5.74, 6) is 1.18. The molecule has 0 atom stereocenters. The van der Waals surface area contributed by atoms with E-state index in [4.69, 9.17) is 4.42 Å². The molecule has 0 unspecified atom stereocenters. The number of nitrogens with zero attached hydrogens (tertiary/aromatic N) is 2. The summed E-state index contributed by atoms with van der Waals surface area (Å²) < 4.78 is 5.49. The van der Waals surface area contributed by atoms with Gasteiger partial charge in [-0.05, 0) is 39.3 Å². The summed E-state index contributed by atoms with van der Waals surface area (Å²) in [7, 11) is 1.97. The topological polar surface area (TPSA) is 58.4 Å². The van der Waals surface area contributed by atoms with Gasteiger partial charge in [0.1, 0.15) is 0 Å². The third kappa shape index (κ3) is 3.45. The summed E-state index contributed by atoms with van der Waals surface area (Å²) >= 11 is 0. The third-order valence-electron chi connectivity index (χ3n) is 4.48. The Morgan fingerprint density at radius 2 is 2.00 bits per heavy atom. The van der Waals surface area contributed by atoms with Gasteiger partial charge < -0.3 is 14.6 Å². The zero-order valence-electron chi connectivity index (χ0n) is 13.7. The van der Waals surface area contributed by atoms with Gasteiger partial charge in [0.25, 0.3) is 5.91 Å². The molecular formula is C18H23N3O2. The van der Waals surface area contributed by atoms with Gasteiger partial charge in [-0.15, -0.1) is 0 Å². The molecular weight excluding hydrogens is 290 g/mol. The highest BCUT2D eigenvalue weighted by Gasteiger charge is 2.27. The molecule has 0 saturated carbocycles. The molecule has 0 spiro atoms. The average molecular weight is 313 g/mol. The summed E-state index contributed by atoms with van der Waals surface area (Å²) in [6.45, 7) is 4.61. The van der Waals surface area contributed by atoms with Gasteiger partial charge in [0.05, 0.1) is 0 Å². The van der Waals surface area contributed by atoms with Crippen molar-refractivity contribution in [3.05, 3.63) is 41.9 Å². The molecule has 3 rings (SSSR count). The van der Waals surface area contributed by atoms with Gasteiger partial charge in [-0.1, -0.05) is 29.8 Å². The van der Waals surface area contributed by atoms with Crippen molar-refractivity contribution in [2.75, 3.05) is 26.7 Å². The van der Waals surface area contributed by atoms with Crippen molar-refractivity contribution in [2.45, 2.75) is 19.8 Å². The second kappa shape index (κ2) is 6.96. The van der Waals surface area contributed by atoms with Crippen LogP contribution in [-0.2, 0) is 0 Å². The lowest BCUT2D eigenvalue weighted by molar-refractivity contribution is 0.0686. The Bertz CT molecular complexity index is 655. The monoisotopic (exact) mass is 313 g/mol. The molecule has 1 aromatic carbocycles. The molecule has 1 saturated heterocycles. The van der Waals surface area contributed by atoms with Crippen LogP contribution < -0.4 is 5.32 Å². The lowest BCUT2D eigenvalue weighted by atomic mass is 9.96. The summed E-state index contributed by atoms with van der Waals surface area (Å²) in [5, 5.41) is 3.21. The number of aryl methyl sites for hydroxylation is 1. The predicted octanol–water partition coefficient (Wildman–Crippen LogP) is 2.72. The SMILES string of the molecule is CNCC1CCN(C(=O)c2ncoc2-c2ccc(C)cc2)CC1. The lowest BCUT2D eigenvalue weighted by Crippen LogP contribution is -2.40. The van der Waals surface area contributed by atoms with Gasteiger partial charge in [0, 0.05) is 18.7 Å². The largest absolute Gasteiger partial charge is 0.443 e. The molecule has 5 nitrogen and oxygen atoms in total. The number of carbonyl (C=O) groups excluding carboxylic acids is 1. The van der Waals surface area contributed by atoms with Crippen molar-refractivity contribution in [2.24, 2.45) is 5.92 Å². The Labute approximate surface area is 136 Å². The van der Waals surface area contributed by atoms with Crippen LogP contribution in [0, 0.1) is 12.8 Å². The van der Waals surface area contributed by atoms with Crippen LogP contribution in [0.1, 0.15) is 28.9 Å². The molecule has 1 aliphatic heterocycles. The number of rotatable bonds is 4. The van der Waals surface area contributed by atoms with Crippen molar-refractivity contribution in [1.82, 2.24) is 15.2 Å². The highest BCUT2D eigenvalue weighted by molar-refractivity contribution is 5.97. The maximum atomic E-state index is 12.8. The van der Waals surface area contributed by atoms with Crippen molar-refractivity contribution in [3.8, 4) is 11.3 Å². The number of nitrogens with one attached hydrogen (secondary N) is 1. The Morgan fingerprint density at radius 3 is 2.65 bits per heavy atom. The van der Waals surface area contributed by atoms with Crippen LogP contribution >= 0.6 is 0 Å². The quantitative estimate of drug-likeness (QED) is 0.943. The number of oxazole rings is 1. The maximum Gasteiger partial charge on any atom is 0.276 e. The predicted molar refractivity (Wildman–Crippen MR) is 89.2 cm³/mol. The van der Waals surface area contributed by atoms with E-state index in [2.05, 4.69) is 10.3 Å². The highest BCUT2D eigenvalue weighted by Crippen LogP contribution is 2.26. The van der Waals surface area contributed by atoms with Crippen molar-refractivity contribution in [1.29, 1.82) is 0 Å². The number of carbonyl (C=O) groups is 1. The number of hydrogen-bond donors (Lipinski definition) is 1. The fourth-order valence-electron chi connectivity index (χ4n) is 3.09. The number of aromatic nitrogens is 1. The van der Waals surface area contributed by atoms with E-state index in [0.29, 0.717) is 17.4 Å². The molecule has 0 aliphatic carbocycles.